The molecule has 94 valence electrons. The molecule has 4 heteroatoms. The Balaban J connectivity index is 2.60. The zero-order valence-electron chi connectivity index (χ0n) is 10.9. The van der Waals surface area contributed by atoms with Crippen LogP contribution in [0.2, 0.25) is 0 Å². The lowest BCUT2D eigenvalue weighted by Gasteiger charge is -2.36. The molecule has 1 rings (SSSR count). The van der Waals surface area contributed by atoms with Gasteiger partial charge < -0.3 is 10.1 Å². The van der Waals surface area contributed by atoms with Gasteiger partial charge in [0.25, 0.3) is 0 Å². The Labute approximate surface area is 98.3 Å². The van der Waals surface area contributed by atoms with Gasteiger partial charge in [0.2, 0.25) is 0 Å². The third-order valence-electron chi connectivity index (χ3n) is 3.49. The van der Waals surface area contributed by atoms with Gasteiger partial charge in [0.1, 0.15) is 0 Å². The van der Waals surface area contributed by atoms with E-state index in [1.54, 1.807) is 0 Å². The summed E-state index contributed by atoms with van der Waals surface area (Å²) in [6.45, 7) is 9.59. The summed E-state index contributed by atoms with van der Waals surface area (Å²) < 4.78 is 4.72. The molecule has 1 unspecified atom stereocenters. The largest absolute Gasteiger partial charge is 0.469 e. The van der Waals surface area contributed by atoms with Crippen molar-refractivity contribution in [1.29, 1.82) is 0 Å². The highest BCUT2D eigenvalue weighted by Gasteiger charge is 2.31. The maximum Gasteiger partial charge on any atom is 0.307 e. The summed E-state index contributed by atoms with van der Waals surface area (Å²) in [6, 6.07) is 0.217. The third-order valence-corrected chi connectivity index (χ3v) is 3.49. The van der Waals surface area contributed by atoms with Crippen molar-refractivity contribution in [3.63, 3.8) is 0 Å². The monoisotopic (exact) mass is 228 g/mol. The SMILES string of the molecule is CCN1CC(CC(=O)OC)NCCC1(C)C. The van der Waals surface area contributed by atoms with Gasteiger partial charge in [-0.3, -0.25) is 9.69 Å². The molecular formula is C12H24N2O2. The van der Waals surface area contributed by atoms with Crippen LogP contribution in [0.4, 0.5) is 0 Å². The van der Waals surface area contributed by atoms with Crippen LogP contribution in [0.3, 0.4) is 0 Å². The summed E-state index contributed by atoms with van der Waals surface area (Å²) in [5.41, 5.74) is 0.215. The Kier molecular flexibility index (Phi) is 4.74. The number of carbonyl (C=O) groups excluding carboxylic acids is 1. The molecule has 1 saturated heterocycles. The fourth-order valence-electron chi connectivity index (χ4n) is 2.30. The first-order valence-electron chi connectivity index (χ1n) is 6.05. The lowest BCUT2D eigenvalue weighted by Crippen LogP contribution is -2.46. The lowest BCUT2D eigenvalue weighted by molar-refractivity contribution is -0.141. The molecule has 0 radical (unpaired) electrons. The predicted molar refractivity (Wildman–Crippen MR) is 64.4 cm³/mol. The van der Waals surface area contributed by atoms with E-state index in [-0.39, 0.29) is 17.6 Å². The molecule has 1 heterocycles. The van der Waals surface area contributed by atoms with E-state index in [0.29, 0.717) is 6.42 Å². The van der Waals surface area contributed by atoms with Crippen molar-refractivity contribution in [2.75, 3.05) is 26.7 Å². The van der Waals surface area contributed by atoms with E-state index in [2.05, 4.69) is 31.0 Å². The average Bonchev–Trinajstić information content (AvgIpc) is 2.37. The number of likely N-dealkylation sites (N-methyl/N-ethyl adjacent to an activating group) is 1. The predicted octanol–water partition coefficient (Wildman–Crippen LogP) is 1.01. The number of methoxy groups -OCH3 is 1. The van der Waals surface area contributed by atoms with Gasteiger partial charge in [0.05, 0.1) is 13.5 Å². The van der Waals surface area contributed by atoms with Crippen LogP contribution in [-0.2, 0) is 9.53 Å². The minimum absolute atomic E-state index is 0.131. The maximum absolute atomic E-state index is 11.3. The molecule has 1 N–H and O–H groups in total. The van der Waals surface area contributed by atoms with Crippen LogP contribution in [0.1, 0.15) is 33.6 Å². The van der Waals surface area contributed by atoms with Crippen molar-refractivity contribution in [3.05, 3.63) is 0 Å². The summed E-state index contributed by atoms with van der Waals surface area (Å²) >= 11 is 0. The molecular weight excluding hydrogens is 204 g/mol. The van der Waals surface area contributed by atoms with Crippen molar-refractivity contribution in [3.8, 4) is 0 Å². The van der Waals surface area contributed by atoms with Crippen LogP contribution in [0.5, 0.6) is 0 Å². The second-order valence-corrected chi connectivity index (χ2v) is 5.03. The van der Waals surface area contributed by atoms with E-state index < -0.39 is 0 Å². The van der Waals surface area contributed by atoms with Gasteiger partial charge >= 0.3 is 5.97 Å². The molecule has 4 nitrogen and oxygen atoms in total. The topological polar surface area (TPSA) is 41.6 Å². The second-order valence-electron chi connectivity index (χ2n) is 5.03. The molecule has 1 aliphatic rings. The van der Waals surface area contributed by atoms with Gasteiger partial charge in [-0.15, -0.1) is 0 Å². The van der Waals surface area contributed by atoms with Crippen LogP contribution in [-0.4, -0.2) is 49.2 Å². The number of hydrogen-bond donors (Lipinski definition) is 1. The van der Waals surface area contributed by atoms with Crippen LogP contribution in [0.25, 0.3) is 0 Å². The molecule has 0 saturated carbocycles. The fraction of sp³-hybridized carbons (Fsp3) is 0.917. The number of rotatable bonds is 3. The van der Waals surface area contributed by atoms with Gasteiger partial charge in [-0.25, -0.2) is 0 Å². The first-order chi connectivity index (χ1) is 7.49. The van der Waals surface area contributed by atoms with E-state index in [0.717, 1.165) is 26.1 Å². The minimum atomic E-state index is -0.131. The Morgan fingerprint density at radius 1 is 1.56 bits per heavy atom. The van der Waals surface area contributed by atoms with E-state index in [4.69, 9.17) is 4.74 Å². The van der Waals surface area contributed by atoms with Crippen LogP contribution < -0.4 is 5.32 Å². The Hall–Kier alpha value is -0.610. The third kappa shape index (κ3) is 3.46. The smallest absolute Gasteiger partial charge is 0.307 e. The fourth-order valence-corrected chi connectivity index (χ4v) is 2.30. The molecule has 0 aromatic carbocycles. The number of nitrogens with one attached hydrogen (secondary N) is 1. The van der Waals surface area contributed by atoms with Gasteiger partial charge in [0.15, 0.2) is 0 Å². The quantitative estimate of drug-likeness (QED) is 0.732. The lowest BCUT2D eigenvalue weighted by atomic mass is 9.98. The van der Waals surface area contributed by atoms with Gasteiger partial charge in [-0.2, -0.15) is 0 Å². The molecule has 0 spiro atoms. The highest BCUT2D eigenvalue weighted by atomic mass is 16.5. The van der Waals surface area contributed by atoms with E-state index in [9.17, 15) is 4.79 Å². The summed E-state index contributed by atoms with van der Waals surface area (Å²) in [6.07, 6.45) is 1.57. The Bertz CT molecular complexity index is 241. The molecule has 0 aliphatic carbocycles. The van der Waals surface area contributed by atoms with E-state index in [1.165, 1.54) is 7.11 Å². The Morgan fingerprint density at radius 2 is 2.25 bits per heavy atom. The maximum atomic E-state index is 11.3. The number of hydrogen-bond acceptors (Lipinski definition) is 4. The summed E-state index contributed by atoms with van der Waals surface area (Å²) in [5, 5.41) is 3.42. The summed E-state index contributed by atoms with van der Waals surface area (Å²) in [7, 11) is 1.45. The van der Waals surface area contributed by atoms with Gasteiger partial charge in [0, 0.05) is 18.1 Å². The molecule has 1 fully saturated rings. The molecule has 0 amide bonds. The van der Waals surface area contributed by atoms with Gasteiger partial charge in [-0.05, 0) is 33.4 Å². The number of ether oxygens (including phenoxy) is 1. The van der Waals surface area contributed by atoms with Crippen LogP contribution >= 0.6 is 0 Å². The summed E-state index contributed by atoms with van der Waals surface area (Å²) in [5.74, 6) is -0.131. The van der Waals surface area contributed by atoms with Crippen molar-refractivity contribution in [2.45, 2.75) is 45.2 Å². The van der Waals surface area contributed by atoms with Crippen molar-refractivity contribution < 1.29 is 9.53 Å². The first kappa shape index (κ1) is 13.5. The molecule has 16 heavy (non-hydrogen) atoms. The highest BCUT2D eigenvalue weighted by Crippen LogP contribution is 2.21. The zero-order chi connectivity index (χ0) is 12.2. The second kappa shape index (κ2) is 5.64. The first-order valence-corrected chi connectivity index (χ1v) is 6.05. The number of esters is 1. The molecule has 0 bridgehead atoms. The standard InChI is InChI=1S/C12H24N2O2/c1-5-14-9-10(8-11(15)16-4)13-7-6-12(14,2)3/h10,13H,5-9H2,1-4H3. The number of nitrogens with zero attached hydrogens (tertiary/aromatic N) is 1. The van der Waals surface area contributed by atoms with Crippen LogP contribution in [0.15, 0.2) is 0 Å². The normalized spacial score (nSPS) is 26.1. The molecule has 1 aliphatic heterocycles. The van der Waals surface area contributed by atoms with E-state index >= 15 is 0 Å². The summed E-state index contributed by atoms with van der Waals surface area (Å²) in [4.78, 5) is 13.7. The highest BCUT2D eigenvalue weighted by molar-refractivity contribution is 5.69. The molecule has 1 atom stereocenters. The average molecular weight is 228 g/mol. The Morgan fingerprint density at radius 3 is 2.81 bits per heavy atom. The zero-order valence-corrected chi connectivity index (χ0v) is 10.9. The number of carbonyl (C=O) groups is 1. The van der Waals surface area contributed by atoms with Crippen LogP contribution in [0, 0.1) is 0 Å². The van der Waals surface area contributed by atoms with Crippen molar-refractivity contribution in [1.82, 2.24) is 10.2 Å². The minimum Gasteiger partial charge on any atom is -0.469 e. The molecule has 0 aromatic rings. The van der Waals surface area contributed by atoms with Crippen molar-refractivity contribution in [2.24, 2.45) is 0 Å². The van der Waals surface area contributed by atoms with E-state index in [1.807, 2.05) is 0 Å². The van der Waals surface area contributed by atoms with Gasteiger partial charge in [-0.1, -0.05) is 6.92 Å². The molecule has 0 aromatic heterocycles. The van der Waals surface area contributed by atoms with Crippen molar-refractivity contribution >= 4 is 5.97 Å².